The molecule has 3 amide bonds. The Labute approximate surface area is 171 Å². The minimum atomic E-state index is -0.352. The monoisotopic (exact) mass is 406 g/mol. The van der Waals surface area contributed by atoms with E-state index in [9.17, 15) is 14.4 Å². The number of amides is 3. The van der Waals surface area contributed by atoms with E-state index in [0.717, 1.165) is 38.7 Å². The van der Waals surface area contributed by atoms with Crippen molar-refractivity contribution in [2.45, 2.75) is 6.42 Å². The first-order valence-corrected chi connectivity index (χ1v) is 9.90. The Morgan fingerprint density at radius 3 is 2.90 bits per heavy atom. The van der Waals surface area contributed by atoms with Crippen molar-refractivity contribution in [2.75, 3.05) is 13.1 Å². The Kier molecular flexibility index (Phi) is 5.44. The summed E-state index contributed by atoms with van der Waals surface area (Å²) in [6.07, 6.45) is 6.96. The van der Waals surface area contributed by atoms with Crippen molar-refractivity contribution in [1.29, 1.82) is 0 Å². The zero-order chi connectivity index (χ0) is 20.2. The lowest BCUT2D eigenvalue weighted by Crippen LogP contribution is -2.37. The molecule has 0 unspecified atom stereocenters. The number of H-pyrrole nitrogens is 1. The average Bonchev–Trinajstić information content (AvgIpc) is 3.25. The predicted octanol–water partition coefficient (Wildman–Crippen LogP) is 2.96. The van der Waals surface area contributed by atoms with Crippen molar-refractivity contribution in [2.24, 2.45) is 0 Å². The zero-order valence-electron chi connectivity index (χ0n) is 15.4. The van der Waals surface area contributed by atoms with Gasteiger partial charge in [-0.1, -0.05) is 24.3 Å². The third kappa shape index (κ3) is 4.22. The van der Waals surface area contributed by atoms with Gasteiger partial charge in [-0.3, -0.25) is 24.3 Å². The second-order valence-corrected chi connectivity index (χ2v) is 7.50. The van der Waals surface area contributed by atoms with Crippen LogP contribution in [0.15, 0.2) is 59.9 Å². The van der Waals surface area contributed by atoms with Crippen molar-refractivity contribution in [3.8, 4) is 0 Å². The van der Waals surface area contributed by atoms with E-state index in [2.05, 4.69) is 15.3 Å². The summed E-state index contributed by atoms with van der Waals surface area (Å²) in [5, 5.41) is 3.45. The number of nitrogens with zero attached hydrogens (tertiary/aromatic N) is 2. The number of carbonyl (C=O) groups excluding carboxylic acids is 3. The second-order valence-electron chi connectivity index (χ2n) is 6.51. The van der Waals surface area contributed by atoms with Gasteiger partial charge >= 0.3 is 0 Å². The van der Waals surface area contributed by atoms with E-state index >= 15 is 0 Å². The van der Waals surface area contributed by atoms with Crippen LogP contribution >= 0.6 is 11.8 Å². The van der Waals surface area contributed by atoms with Gasteiger partial charge in [-0.05, 0) is 41.1 Å². The van der Waals surface area contributed by atoms with E-state index in [1.807, 2.05) is 36.5 Å². The highest BCUT2D eigenvalue weighted by atomic mass is 32.2. The molecule has 4 rings (SSSR count). The van der Waals surface area contributed by atoms with Gasteiger partial charge in [0.15, 0.2) is 0 Å². The number of para-hydroxylation sites is 1. The molecule has 1 fully saturated rings. The average molecular weight is 406 g/mol. The van der Waals surface area contributed by atoms with Crippen LogP contribution in [0.1, 0.15) is 11.1 Å². The quantitative estimate of drug-likeness (QED) is 0.614. The van der Waals surface area contributed by atoms with Crippen molar-refractivity contribution >= 4 is 45.8 Å². The molecule has 1 aliphatic heterocycles. The van der Waals surface area contributed by atoms with Gasteiger partial charge in [0.1, 0.15) is 0 Å². The van der Waals surface area contributed by atoms with Crippen LogP contribution in [0.3, 0.4) is 0 Å². The number of rotatable bonds is 6. The Morgan fingerprint density at radius 1 is 1.21 bits per heavy atom. The number of nitrogens with one attached hydrogen (secondary N) is 2. The highest BCUT2D eigenvalue weighted by molar-refractivity contribution is 8.18. The summed E-state index contributed by atoms with van der Waals surface area (Å²) >= 11 is 0.895. The fourth-order valence-corrected chi connectivity index (χ4v) is 3.99. The van der Waals surface area contributed by atoms with E-state index in [-0.39, 0.29) is 36.6 Å². The fourth-order valence-electron chi connectivity index (χ4n) is 3.13. The normalized spacial score (nSPS) is 15.4. The SMILES string of the molecule is O=C(Cc1c[nH]c2ccccc12)NCCN1C(=O)SC(=Cc2cccnc2)C1=O. The van der Waals surface area contributed by atoms with Crippen LogP contribution in [0.2, 0.25) is 0 Å². The molecule has 8 heteroatoms. The van der Waals surface area contributed by atoms with Crippen LogP contribution in [0.4, 0.5) is 4.79 Å². The Bertz CT molecular complexity index is 1110. The third-order valence-electron chi connectivity index (χ3n) is 4.54. The van der Waals surface area contributed by atoms with Gasteiger partial charge in [0.25, 0.3) is 11.1 Å². The van der Waals surface area contributed by atoms with Gasteiger partial charge < -0.3 is 10.3 Å². The number of thioether (sulfide) groups is 1. The topological polar surface area (TPSA) is 95.2 Å². The minimum Gasteiger partial charge on any atom is -0.361 e. The van der Waals surface area contributed by atoms with Gasteiger partial charge in [0.05, 0.1) is 11.3 Å². The molecule has 146 valence electrons. The Morgan fingerprint density at radius 2 is 2.07 bits per heavy atom. The molecule has 3 heterocycles. The summed E-state index contributed by atoms with van der Waals surface area (Å²) in [7, 11) is 0. The number of pyridine rings is 1. The summed E-state index contributed by atoms with van der Waals surface area (Å²) < 4.78 is 0. The lowest BCUT2D eigenvalue weighted by atomic mass is 10.1. The molecule has 7 nitrogen and oxygen atoms in total. The molecular formula is C21H18N4O3S. The first-order chi connectivity index (χ1) is 14.1. The van der Waals surface area contributed by atoms with Crippen LogP contribution in [0.5, 0.6) is 0 Å². The molecule has 1 saturated heterocycles. The van der Waals surface area contributed by atoms with Crippen molar-refractivity contribution in [3.63, 3.8) is 0 Å². The van der Waals surface area contributed by atoms with Crippen LogP contribution < -0.4 is 5.32 Å². The maximum Gasteiger partial charge on any atom is 0.293 e. The molecule has 1 aromatic carbocycles. The standard InChI is InChI=1S/C21H18N4O3S/c26-19(11-15-13-24-17-6-2-1-5-16(15)17)23-8-9-25-20(27)18(29-21(25)28)10-14-4-3-7-22-12-14/h1-7,10,12-13,24H,8-9,11H2,(H,23,26). The van der Waals surface area contributed by atoms with E-state index in [1.54, 1.807) is 24.5 Å². The molecule has 2 aromatic heterocycles. The summed E-state index contributed by atoms with van der Waals surface area (Å²) in [4.78, 5) is 45.5. The summed E-state index contributed by atoms with van der Waals surface area (Å²) in [5.74, 6) is -0.512. The van der Waals surface area contributed by atoms with E-state index < -0.39 is 0 Å². The number of benzene rings is 1. The van der Waals surface area contributed by atoms with Gasteiger partial charge in [-0.15, -0.1) is 0 Å². The molecule has 0 bridgehead atoms. The highest BCUT2D eigenvalue weighted by Crippen LogP contribution is 2.31. The maximum absolute atomic E-state index is 12.5. The number of fused-ring (bicyclic) bond motifs is 1. The van der Waals surface area contributed by atoms with Gasteiger partial charge in [-0.2, -0.15) is 0 Å². The lowest BCUT2D eigenvalue weighted by molar-refractivity contribution is -0.124. The van der Waals surface area contributed by atoms with E-state index in [4.69, 9.17) is 0 Å². The minimum absolute atomic E-state index is 0.134. The van der Waals surface area contributed by atoms with Gasteiger partial charge in [0, 0.05) is 42.6 Å². The number of hydrogen-bond acceptors (Lipinski definition) is 5. The lowest BCUT2D eigenvalue weighted by Gasteiger charge is -2.13. The predicted molar refractivity (Wildman–Crippen MR) is 112 cm³/mol. The third-order valence-corrected chi connectivity index (χ3v) is 5.45. The molecule has 0 spiro atoms. The fraction of sp³-hybridized carbons (Fsp3) is 0.143. The molecule has 2 N–H and O–H groups in total. The molecule has 0 atom stereocenters. The van der Waals surface area contributed by atoms with Crippen LogP contribution in [0, 0.1) is 0 Å². The number of aromatic amines is 1. The number of hydrogen-bond donors (Lipinski definition) is 2. The number of aromatic nitrogens is 2. The number of imide groups is 1. The van der Waals surface area contributed by atoms with Crippen molar-refractivity contribution < 1.29 is 14.4 Å². The van der Waals surface area contributed by atoms with Crippen molar-refractivity contribution in [3.05, 3.63) is 71.0 Å². The molecule has 0 radical (unpaired) electrons. The second kappa shape index (κ2) is 8.32. The van der Waals surface area contributed by atoms with E-state index in [1.165, 1.54) is 0 Å². The highest BCUT2D eigenvalue weighted by Gasteiger charge is 2.34. The first kappa shape index (κ1) is 18.9. The van der Waals surface area contributed by atoms with Gasteiger partial charge in [0.2, 0.25) is 5.91 Å². The molecule has 1 aliphatic rings. The maximum atomic E-state index is 12.5. The molecule has 0 saturated carbocycles. The first-order valence-electron chi connectivity index (χ1n) is 9.09. The van der Waals surface area contributed by atoms with Gasteiger partial charge in [-0.25, -0.2) is 0 Å². The molecule has 3 aromatic rings. The number of carbonyl (C=O) groups is 3. The summed E-state index contributed by atoms with van der Waals surface area (Å²) in [5.41, 5.74) is 2.64. The van der Waals surface area contributed by atoms with Crippen LogP contribution in [-0.4, -0.2) is 45.0 Å². The Balaban J connectivity index is 1.32. The molecular weight excluding hydrogens is 388 g/mol. The van der Waals surface area contributed by atoms with Crippen LogP contribution in [0.25, 0.3) is 17.0 Å². The molecule has 0 aliphatic carbocycles. The smallest absolute Gasteiger partial charge is 0.293 e. The van der Waals surface area contributed by atoms with Crippen LogP contribution in [-0.2, 0) is 16.0 Å². The zero-order valence-corrected chi connectivity index (χ0v) is 16.2. The molecule has 29 heavy (non-hydrogen) atoms. The van der Waals surface area contributed by atoms with Crippen molar-refractivity contribution in [1.82, 2.24) is 20.2 Å². The summed E-state index contributed by atoms with van der Waals surface area (Å²) in [6.45, 7) is 0.341. The summed E-state index contributed by atoms with van der Waals surface area (Å²) in [6, 6.07) is 11.3. The van der Waals surface area contributed by atoms with E-state index in [0.29, 0.717) is 4.91 Å². The largest absolute Gasteiger partial charge is 0.361 e. The Hall–Kier alpha value is -3.39.